The van der Waals surface area contributed by atoms with E-state index in [4.69, 9.17) is 4.43 Å². The van der Waals surface area contributed by atoms with E-state index < -0.39 is 24.5 Å². The molecule has 0 saturated carbocycles. The molecule has 0 fully saturated rings. The summed E-state index contributed by atoms with van der Waals surface area (Å²) < 4.78 is 32.0. The Labute approximate surface area is 118 Å². The smallest absolute Gasteiger partial charge is 0.264 e. The van der Waals surface area contributed by atoms with Crippen molar-refractivity contribution in [2.24, 2.45) is 0 Å². The highest BCUT2D eigenvalue weighted by molar-refractivity contribution is 7.85. The van der Waals surface area contributed by atoms with Crippen LogP contribution in [0, 0.1) is 0 Å². The van der Waals surface area contributed by atoms with Gasteiger partial charge in [-0.05, 0) is 31.0 Å². The average molecular weight is 313 g/mol. The van der Waals surface area contributed by atoms with Crippen molar-refractivity contribution >= 4 is 18.4 Å². The van der Waals surface area contributed by atoms with Gasteiger partial charge in [-0.3, -0.25) is 4.18 Å². The summed E-state index contributed by atoms with van der Waals surface area (Å²) in [5.74, 6) is 0. The number of hydrogen-bond donors (Lipinski definition) is 1. The van der Waals surface area contributed by atoms with Gasteiger partial charge >= 0.3 is 0 Å². The second-order valence-electron chi connectivity index (χ2n) is 6.39. The Balaban J connectivity index is 3.87. The molecule has 0 rings (SSSR count). The molecule has 5 nitrogen and oxygen atoms in total. The lowest BCUT2D eigenvalue weighted by Gasteiger charge is -2.36. The summed E-state index contributed by atoms with van der Waals surface area (Å²) in [6.07, 6.45) is 1.38. The molecule has 0 saturated heterocycles. The quantitative estimate of drug-likeness (QED) is 0.422. The van der Waals surface area contributed by atoms with Crippen LogP contribution in [-0.2, 0) is 18.7 Å². The second-order valence-corrected chi connectivity index (χ2v) is 12.8. The van der Waals surface area contributed by atoms with Crippen LogP contribution in [0.3, 0.4) is 0 Å². The Morgan fingerprint density at radius 1 is 1.26 bits per heavy atom. The van der Waals surface area contributed by atoms with E-state index in [-0.39, 0.29) is 11.6 Å². The van der Waals surface area contributed by atoms with Gasteiger partial charge in [-0.25, -0.2) is 0 Å². The maximum absolute atomic E-state index is 10.8. The fraction of sp³-hybridized carbons (Fsp3) is 1.00. The normalized spacial score (nSPS) is 15.5. The van der Waals surface area contributed by atoms with Crippen molar-refractivity contribution in [3.8, 4) is 0 Å². The Morgan fingerprint density at radius 2 is 1.79 bits per heavy atom. The Bertz CT molecular complexity index is 359. The molecule has 1 unspecified atom stereocenters. The third-order valence-electron chi connectivity index (χ3n) is 3.43. The summed E-state index contributed by atoms with van der Waals surface area (Å²) in [6, 6.07) is 0. The molecule has 1 N–H and O–H groups in total. The fourth-order valence-corrected chi connectivity index (χ4v) is 2.64. The third-order valence-corrected chi connectivity index (χ3v) is 8.53. The van der Waals surface area contributed by atoms with Gasteiger partial charge in [-0.15, -0.1) is 0 Å². The molecule has 0 bridgehead atoms. The van der Waals surface area contributed by atoms with Crippen LogP contribution in [0.5, 0.6) is 0 Å². The highest BCUT2D eigenvalue weighted by Gasteiger charge is 2.36. The van der Waals surface area contributed by atoms with E-state index in [0.717, 1.165) is 6.26 Å². The van der Waals surface area contributed by atoms with Gasteiger partial charge in [0.25, 0.3) is 10.1 Å². The molecule has 0 amide bonds. The van der Waals surface area contributed by atoms with Gasteiger partial charge < -0.3 is 9.53 Å². The monoisotopic (exact) mass is 312 g/mol. The molecule has 7 heteroatoms. The minimum absolute atomic E-state index is 0.172. The third kappa shape index (κ3) is 8.75. The maximum Gasteiger partial charge on any atom is 0.264 e. The lowest BCUT2D eigenvalue weighted by Crippen LogP contribution is -2.41. The average Bonchev–Trinajstić information content (AvgIpc) is 2.19. The molecule has 0 spiro atoms. The summed E-state index contributed by atoms with van der Waals surface area (Å²) in [6.45, 7) is 11.3. The predicted molar refractivity (Wildman–Crippen MR) is 79.2 cm³/mol. The molecule has 0 aliphatic carbocycles. The van der Waals surface area contributed by atoms with Gasteiger partial charge in [0.1, 0.15) is 0 Å². The zero-order valence-corrected chi connectivity index (χ0v) is 14.7. The molecule has 0 aromatic rings. The van der Waals surface area contributed by atoms with Crippen LogP contribution < -0.4 is 0 Å². The standard InChI is InChI=1S/C12H28O5SSi/c1-12(2,3)19(5,6)17-9-7-8-11(13)10-16-18(4,14)15/h11,13H,7-10H2,1-6H3. The van der Waals surface area contributed by atoms with Gasteiger partial charge in [0.2, 0.25) is 0 Å². The van der Waals surface area contributed by atoms with Crippen LogP contribution in [0.4, 0.5) is 0 Å². The molecule has 0 aromatic carbocycles. The van der Waals surface area contributed by atoms with E-state index in [1.165, 1.54) is 0 Å². The summed E-state index contributed by atoms with van der Waals surface area (Å²) in [4.78, 5) is 0. The van der Waals surface area contributed by atoms with E-state index >= 15 is 0 Å². The maximum atomic E-state index is 10.8. The number of rotatable bonds is 8. The molecule has 0 aromatic heterocycles. The van der Waals surface area contributed by atoms with Crippen molar-refractivity contribution in [2.75, 3.05) is 19.5 Å². The molecular weight excluding hydrogens is 284 g/mol. The van der Waals surface area contributed by atoms with Crippen molar-refractivity contribution in [1.29, 1.82) is 0 Å². The van der Waals surface area contributed by atoms with Gasteiger partial charge in [0.15, 0.2) is 8.32 Å². The first kappa shape index (κ1) is 19.0. The lowest BCUT2D eigenvalue weighted by atomic mass is 10.2. The largest absolute Gasteiger partial charge is 0.417 e. The van der Waals surface area contributed by atoms with Crippen LogP contribution in [-0.4, -0.2) is 47.4 Å². The molecule has 116 valence electrons. The summed E-state index contributed by atoms with van der Waals surface area (Å²) in [7, 11) is -5.21. The van der Waals surface area contributed by atoms with Crippen LogP contribution in [0.15, 0.2) is 0 Å². The number of aliphatic hydroxyl groups excluding tert-OH is 1. The SMILES string of the molecule is CC(C)(C)[Si](C)(C)OCCCC(O)COS(C)(=O)=O. The Kier molecular flexibility index (Phi) is 7.19. The molecule has 0 heterocycles. The Hall–Kier alpha value is 0.0469. The van der Waals surface area contributed by atoms with Gasteiger partial charge in [-0.1, -0.05) is 20.8 Å². The van der Waals surface area contributed by atoms with Gasteiger partial charge in [-0.2, -0.15) is 8.42 Å². The van der Waals surface area contributed by atoms with Crippen molar-refractivity contribution in [1.82, 2.24) is 0 Å². The van der Waals surface area contributed by atoms with E-state index in [1.54, 1.807) is 0 Å². The van der Waals surface area contributed by atoms with E-state index in [9.17, 15) is 13.5 Å². The first-order valence-electron chi connectivity index (χ1n) is 6.51. The molecular formula is C12H28O5SSi. The highest BCUT2D eigenvalue weighted by atomic mass is 32.2. The van der Waals surface area contributed by atoms with E-state index in [0.29, 0.717) is 19.4 Å². The van der Waals surface area contributed by atoms with Gasteiger partial charge in [0.05, 0.1) is 19.0 Å². The topological polar surface area (TPSA) is 72.8 Å². The number of hydrogen-bond acceptors (Lipinski definition) is 5. The summed E-state index contributed by atoms with van der Waals surface area (Å²) in [5.41, 5.74) is 0. The minimum Gasteiger partial charge on any atom is -0.417 e. The predicted octanol–water partition coefficient (Wildman–Crippen LogP) is 2.13. The lowest BCUT2D eigenvalue weighted by molar-refractivity contribution is 0.0963. The molecule has 1 atom stereocenters. The Morgan fingerprint density at radius 3 is 2.21 bits per heavy atom. The van der Waals surface area contributed by atoms with Crippen LogP contribution in [0.25, 0.3) is 0 Å². The summed E-state index contributed by atoms with van der Waals surface area (Å²) >= 11 is 0. The molecule has 0 radical (unpaired) electrons. The zero-order valence-electron chi connectivity index (χ0n) is 12.9. The first-order valence-corrected chi connectivity index (χ1v) is 11.2. The molecule has 0 aliphatic heterocycles. The van der Waals surface area contributed by atoms with E-state index in [2.05, 4.69) is 38.0 Å². The zero-order chi connectivity index (χ0) is 15.3. The van der Waals surface area contributed by atoms with Crippen molar-refractivity contribution < 1.29 is 22.1 Å². The summed E-state index contributed by atoms with van der Waals surface area (Å²) in [5, 5.41) is 9.74. The van der Waals surface area contributed by atoms with Crippen LogP contribution >= 0.6 is 0 Å². The first-order chi connectivity index (χ1) is 8.35. The van der Waals surface area contributed by atoms with Crippen molar-refractivity contribution in [3.63, 3.8) is 0 Å². The van der Waals surface area contributed by atoms with Crippen LogP contribution in [0.2, 0.25) is 18.1 Å². The van der Waals surface area contributed by atoms with Crippen LogP contribution in [0.1, 0.15) is 33.6 Å². The minimum atomic E-state index is -3.48. The van der Waals surface area contributed by atoms with Gasteiger partial charge in [0, 0.05) is 6.61 Å². The second kappa shape index (κ2) is 7.17. The number of aliphatic hydroxyl groups is 1. The fourth-order valence-electron chi connectivity index (χ4n) is 1.15. The molecule has 19 heavy (non-hydrogen) atoms. The molecule has 0 aliphatic rings. The highest BCUT2D eigenvalue weighted by Crippen LogP contribution is 2.36. The van der Waals surface area contributed by atoms with E-state index in [1.807, 2.05) is 0 Å². The van der Waals surface area contributed by atoms with Crippen molar-refractivity contribution in [2.45, 2.75) is 57.8 Å². The van der Waals surface area contributed by atoms with Crippen molar-refractivity contribution in [3.05, 3.63) is 0 Å².